The molecule has 19 nitrogen and oxygen atoms in total. The molecule has 1 unspecified atom stereocenters. The van der Waals surface area contributed by atoms with E-state index in [0.717, 1.165) is 5.01 Å². The highest BCUT2D eigenvalue weighted by molar-refractivity contribution is 5.95. The Labute approximate surface area is 288 Å². The first-order chi connectivity index (χ1) is 23.8. The molecule has 5 saturated heterocycles. The van der Waals surface area contributed by atoms with Gasteiger partial charge in [0.1, 0.15) is 24.5 Å². The first kappa shape index (κ1) is 38.2. The first-order valence-electron chi connectivity index (χ1n) is 16.9. The second-order valence-electron chi connectivity index (χ2n) is 12.8. The molecule has 6 amide bonds. The highest BCUT2D eigenvalue weighted by atomic mass is 16.6. The molecule has 5 rings (SSSR count). The van der Waals surface area contributed by atoms with Crippen LogP contribution in [0.2, 0.25) is 0 Å². The standard InChI is InChI=1S/C16H24N4O5.C15H22N4O6/c1-9-11(8-14(22)25-9)18-15(23)12-4-3-7-19-13(21)6-5-10(17-2)16(24)20(12)19;1-16-10-4-5-12(21)18-6-2-3-11(19(18)15(10)25)14(24)17-9(8-20)7-13(22)23/h9-12,17H,3-8H2,1-2H3,(H,18,23);8-11,16H,2-7H2,1H3,(H,17,24)(H,22,23)/t9?,10-,11-,12-;9-,10-,11-/m00/s1. The molecule has 0 aromatic carbocycles. The molecule has 5 aliphatic heterocycles. The molecule has 0 aromatic rings. The number of esters is 1. The molecule has 5 N–H and O–H groups in total. The molecule has 5 aliphatic rings. The number of cyclic esters (lactones) is 1. The maximum atomic E-state index is 12.8. The van der Waals surface area contributed by atoms with Gasteiger partial charge in [-0.25, -0.2) is 10.0 Å². The van der Waals surface area contributed by atoms with E-state index in [1.54, 1.807) is 21.0 Å². The lowest BCUT2D eigenvalue weighted by atomic mass is 10.0. The van der Waals surface area contributed by atoms with Crippen LogP contribution in [0.1, 0.15) is 71.1 Å². The summed E-state index contributed by atoms with van der Waals surface area (Å²) in [4.78, 5) is 109. The van der Waals surface area contributed by atoms with Crippen molar-refractivity contribution in [3.05, 3.63) is 0 Å². The van der Waals surface area contributed by atoms with Gasteiger partial charge in [-0.15, -0.1) is 0 Å². The summed E-state index contributed by atoms with van der Waals surface area (Å²) in [5.74, 6) is -3.58. The number of carbonyl (C=O) groups is 9. The summed E-state index contributed by atoms with van der Waals surface area (Å²) in [7, 11) is 3.28. The Kier molecular flexibility index (Phi) is 12.9. The molecule has 0 aromatic heterocycles. The Morgan fingerprint density at radius 2 is 1.34 bits per heavy atom. The van der Waals surface area contributed by atoms with Gasteiger partial charge in [0.25, 0.3) is 11.8 Å². The van der Waals surface area contributed by atoms with Crippen molar-refractivity contribution in [3.8, 4) is 0 Å². The van der Waals surface area contributed by atoms with Crippen molar-refractivity contribution in [2.24, 2.45) is 0 Å². The molecule has 0 radical (unpaired) electrons. The van der Waals surface area contributed by atoms with Crippen LogP contribution in [0, 0.1) is 0 Å². The summed E-state index contributed by atoms with van der Waals surface area (Å²) in [5.41, 5.74) is 0. The van der Waals surface area contributed by atoms with Crippen molar-refractivity contribution < 1.29 is 53.0 Å². The minimum Gasteiger partial charge on any atom is -0.481 e. The van der Waals surface area contributed by atoms with Crippen LogP contribution in [0.25, 0.3) is 0 Å². The molecule has 276 valence electrons. The van der Waals surface area contributed by atoms with E-state index < -0.39 is 60.7 Å². The number of nitrogens with zero attached hydrogens (tertiary/aromatic N) is 4. The largest absolute Gasteiger partial charge is 0.481 e. The van der Waals surface area contributed by atoms with E-state index in [2.05, 4.69) is 21.3 Å². The van der Waals surface area contributed by atoms with Crippen LogP contribution >= 0.6 is 0 Å². The number of likely N-dealkylation sites (N-methyl/N-ethyl adjacent to an activating group) is 2. The van der Waals surface area contributed by atoms with Gasteiger partial charge in [0.2, 0.25) is 23.6 Å². The second-order valence-corrected chi connectivity index (χ2v) is 12.8. The molecule has 0 saturated carbocycles. The van der Waals surface area contributed by atoms with Gasteiger partial charge in [-0.05, 0) is 59.5 Å². The number of aliphatic carboxylic acids is 1. The van der Waals surface area contributed by atoms with Crippen molar-refractivity contribution in [1.29, 1.82) is 0 Å². The normalized spacial score (nSPS) is 29.0. The van der Waals surface area contributed by atoms with Crippen LogP contribution in [0.3, 0.4) is 0 Å². The number of carboxylic acids is 1. The van der Waals surface area contributed by atoms with Gasteiger partial charge in [0.05, 0.1) is 37.0 Å². The SMILES string of the molecule is CN[C@H]1CCC(=O)N2CCC[C@@H](C(=O)N[C@H](C=O)CC(=O)O)N2C1=O.CN[C@H]1CCC(=O)N2CCC[C@@H](C(=O)N[C@H]3CC(=O)OC3C)N2C1=O. The Bertz CT molecular complexity index is 1380. The number of carboxylic acid groups (broad SMARTS) is 1. The fourth-order valence-electron chi connectivity index (χ4n) is 6.81. The lowest BCUT2D eigenvalue weighted by Gasteiger charge is -2.43. The van der Waals surface area contributed by atoms with Crippen molar-refractivity contribution in [2.75, 3.05) is 27.2 Å². The zero-order valence-electron chi connectivity index (χ0n) is 28.4. The fourth-order valence-corrected chi connectivity index (χ4v) is 6.81. The zero-order chi connectivity index (χ0) is 36.7. The van der Waals surface area contributed by atoms with E-state index in [-0.39, 0.29) is 54.8 Å². The molecule has 50 heavy (non-hydrogen) atoms. The van der Waals surface area contributed by atoms with Gasteiger partial charge in [-0.1, -0.05) is 0 Å². The van der Waals surface area contributed by atoms with E-state index in [9.17, 15) is 43.2 Å². The van der Waals surface area contributed by atoms with Crippen molar-refractivity contribution >= 4 is 53.7 Å². The lowest BCUT2D eigenvalue weighted by molar-refractivity contribution is -0.176. The molecule has 7 atom stereocenters. The number of aldehydes is 1. The minimum atomic E-state index is -1.22. The highest BCUT2D eigenvalue weighted by Gasteiger charge is 2.46. The Morgan fingerprint density at radius 3 is 1.76 bits per heavy atom. The van der Waals surface area contributed by atoms with Crippen LogP contribution in [-0.4, -0.2) is 148 Å². The summed E-state index contributed by atoms with van der Waals surface area (Å²) in [6.45, 7) is 2.50. The van der Waals surface area contributed by atoms with Gasteiger partial charge in [-0.2, -0.15) is 0 Å². The number of nitrogens with one attached hydrogen (secondary N) is 4. The summed E-state index contributed by atoms with van der Waals surface area (Å²) in [6, 6.07) is -4.36. The highest BCUT2D eigenvalue weighted by Crippen LogP contribution is 2.27. The molecule has 5 fully saturated rings. The number of rotatable bonds is 9. The Hall–Kier alpha value is -4.65. The quantitative estimate of drug-likeness (QED) is 0.120. The Morgan fingerprint density at radius 1 is 0.840 bits per heavy atom. The number of fused-ring (bicyclic) bond motifs is 2. The third kappa shape index (κ3) is 8.55. The van der Waals surface area contributed by atoms with E-state index in [1.165, 1.54) is 15.0 Å². The third-order valence-electron chi connectivity index (χ3n) is 9.51. The van der Waals surface area contributed by atoms with Gasteiger partial charge in [0.15, 0.2) is 0 Å². The van der Waals surface area contributed by atoms with Gasteiger partial charge < -0.3 is 35.9 Å². The van der Waals surface area contributed by atoms with Crippen molar-refractivity contribution in [1.82, 2.24) is 41.3 Å². The average molecular weight is 707 g/mol. The van der Waals surface area contributed by atoms with E-state index in [4.69, 9.17) is 9.84 Å². The van der Waals surface area contributed by atoms with Crippen LogP contribution in [0.5, 0.6) is 0 Å². The molecule has 0 bridgehead atoms. The monoisotopic (exact) mass is 706 g/mol. The predicted octanol–water partition coefficient (Wildman–Crippen LogP) is -2.82. The number of hydrazine groups is 2. The summed E-state index contributed by atoms with van der Waals surface area (Å²) in [5, 5.41) is 24.9. The molecular formula is C31H46N8O11. The number of carbonyl (C=O) groups excluding carboxylic acids is 8. The van der Waals surface area contributed by atoms with E-state index in [0.29, 0.717) is 57.9 Å². The predicted molar refractivity (Wildman–Crippen MR) is 170 cm³/mol. The summed E-state index contributed by atoms with van der Waals surface area (Å²) >= 11 is 0. The molecule has 19 heteroatoms. The minimum absolute atomic E-state index is 0.120. The van der Waals surface area contributed by atoms with E-state index >= 15 is 0 Å². The molecule has 0 aliphatic carbocycles. The van der Waals surface area contributed by atoms with Crippen LogP contribution in [0.15, 0.2) is 0 Å². The third-order valence-corrected chi connectivity index (χ3v) is 9.51. The fraction of sp³-hybridized carbons (Fsp3) is 0.710. The van der Waals surface area contributed by atoms with Gasteiger partial charge >= 0.3 is 11.9 Å². The second kappa shape index (κ2) is 16.8. The maximum absolute atomic E-state index is 12.8. The molecular weight excluding hydrogens is 660 g/mol. The van der Waals surface area contributed by atoms with Crippen molar-refractivity contribution in [2.45, 2.75) is 113 Å². The van der Waals surface area contributed by atoms with Crippen LogP contribution in [0.4, 0.5) is 0 Å². The van der Waals surface area contributed by atoms with Gasteiger partial charge in [0, 0.05) is 25.9 Å². The number of amides is 6. The summed E-state index contributed by atoms with van der Waals surface area (Å²) < 4.78 is 5.05. The van der Waals surface area contributed by atoms with E-state index in [1.807, 2.05) is 0 Å². The Balaban J connectivity index is 0.000000225. The molecule has 5 heterocycles. The number of ether oxygens (including phenoxy) is 1. The zero-order valence-corrected chi connectivity index (χ0v) is 28.4. The molecule has 0 spiro atoms. The number of hydrogen-bond acceptors (Lipinski definition) is 12. The van der Waals surface area contributed by atoms with Gasteiger partial charge in [-0.3, -0.25) is 48.4 Å². The smallest absolute Gasteiger partial charge is 0.308 e. The first-order valence-corrected chi connectivity index (χ1v) is 16.9. The maximum Gasteiger partial charge on any atom is 0.308 e. The van der Waals surface area contributed by atoms with Crippen LogP contribution in [-0.2, 0) is 47.9 Å². The van der Waals surface area contributed by atoms with Crippen molar-refractivity contribution in [3.63, 3.8) is 0 Å². The number of hydrogen-bond donors (Lipinski definition) is 5. The summed E-state index contributed by atoms with van der Waals surface area (Å²) in [6.07, 6.45) is 2.72. The average Bonchev–Trinajstić information content (AvgIpc) is 3.27. The van der Waals surface area contributed by atoms with Crippen LogP contribution < -0.4 is 21.3 Å². The lowest BCUT2D eigenvalue weighted by Crippen LogP contribution is -2.64. The topological polar surface area (TPSA) is 244 Å².